The third-order valence-corrected chi connectivity index (χ3v) is 5.43. The number of carbonyl (C=O) groups is 2. The first kappa shape index (κ1) is 20.2. The van der Waals surface area contributed by atoms with Crippen molar-refractivity contribution in [1.82, 2.24) is 9.97 Å². The third kappa shape index (κ3) is 4.40. The van der Waals surface area contributed by atoms with Gasteiger partial charge >= 0.3 is 0 Å². The quantitative estimate of drug-likeness (QED) is 0.360. The highest BCUT2D eigenvalue weighted by atomic mass is 35.5. The van der Waals surface area contributed by atoms with E-state index in [0.717, 1.165) is 0 Å². The Morgan fingerprint density at radius 2 is 1.00 bits per heavy atom. The molecule has 0 aliphatic heterocycles. The number of rotatable bonds is 6. The highest BCUT2D eigenvalue weighted by molar-refractivity contribution is 6.42. The van der Waals surface area contributed by atoms with Gasteiger partial charge in [0.05, 0.1) is 45.3 Å². The Hall–Kier alpha value is -3.08. The zero-order chi connectivity index (χ0) is 21.1. The van der Waals surface area contributed by atoms with Crippen LogP contribution >= 0.6 is 23.2 Å². The smallest absolute Gasteiger partial charge is 0.168 e. The van der Waals surface area contributed by atoms with Crippen molar-refractivity contribution >= 4 is 45.8 Å². The molecule has 0 aliphatic rings. The Labute approximate surface area is 183 Å². The number of hydrogen-bond donors (Lipinski definition) is 0. The molecule has 0 spiro atoms. The lowest BCUT2D eigenvalue weighted by Gasteiger charge is -2.10. The molecule has 0 aliphatic carbocycles. The second-order valence-corrected chi connectivity index (χ2v) is 7.62. The van der Waals surface area contributed by atoms with Crippen molar-refractivity contribution in [3.8, 4) is 0 Å². The highest BCUT2D eigenvalue weighted by Crippen LogP contribution is 2.27. The third-order valence-electron chi connectivity index (χ3n) is 4.71. The minimum absolute atomic E-state index is 0.0323. The van der Waals surface area contributed by atoms with Crippen LogP contribution in [-0.4, -0.2) is 21.5 Å². The summed E-state index contributed by atoms with van der Waals surface area (Å²) in [6.45, 7) is 0. The lowest BCUT2D eigenvalue weighted by Crippen LogP contribution is -2.13. The standard InChI is InChI=1S/C24H16Cl2N2O2/c25-17-11-19-20(12-18(17)26)28-22(14-24(30)16-9-5-2-6-10-16)21(27-19)13-23(29)15-7-3-1-4-8-15/h1-12H,13-14H2. The van der Waals surface area contributed by atoms with Crippen LogP contribution in [0.15, 0.2) is 72.8 Å². The van der Waals surface area contributed by atoms with E-state index in [4.69, 9.17) is 23.2 Å². The van der Waals surface area contributed by atoms with E-state index in [1.54, 1.807) is 60.7 Å². The van der Waals surface area contributed by atoms with Crippen LogP contribution in [0.2, 0.25) is 10.0 Å². The summed E-state index contributed by atoms with van der Waals surface area (Å²) in [7, 11) is 0. The zero-order valence-corrected chi connectivity index (χ0v) is 17.3. The van der Waals surface area contributed by atoms with Crippen molar-refractivity contribution in [1.29, 1.82) is 0 Å². The van der Waals surface area contributed by atoms with Crippen molar-refractivity contribution in [2.75, 3.05) is 0 Å². The van der Waals surface area contributed by atoms with Gasteiger partial charge in [0.2, 0.25) is 0 Å². The first-order chi connectivity index (χ1) is 14.5. The summed E-state index contributed by atoms with van der Waals surface area (Å²) in [5.41, 5.74) is 3.12. The van der Waals surface area contributed by atoms with E-state index in [1.165, 1.54) is 0 Å². The molecule has 0 unspecified atom stereocenters. The van der Waals surface area contributed by atoms with Crippen LogP contribution in [-0.2, 0) is 12.8 Å². The zero-order valence-electron chi connectivity index (χ0n) is 15.8. The Bertz CT molecular complexity index is 1140. The van der Waals surface area contributed by atoms with Gasteiger partial charge in [0.1, 0.15) is 0 Å². The summed E-state index contributed by atoms with van der Waals surface area (Å²) in [5, 5.41) is 0.707. The summed E-state index contributed by atoms with van der Waals surface area (Å²) < 4.78 is 0. The molecule has 0 saturated carbocycles. The normalized spacial score (nSPS) is 10.9. The van der Waals surface area contributed by atoms with Gasteiger partial charge in [-0.1, -0.05) is 83.9 Å². The van der Waals surface area contributed by atoms with Gasteiger partial charge < -0.3 is 0 Å². The fourth-order valence-electron chi connectivity index (χ4n) is 3.16. The summed E-state index contributed by atoms with van der Waals surface area (Å²) in [4.78, 5) is 34.8. The van der Waals surface area contributed by atoms with Crippen molar-refractivity contribution in [2.45, 2.75) is 12.8 Å². The second-order valence-electron chi connectivity index (χ2n) is 6.80. The summed E-state index contributed by atoms with van der Waals surface area (Å²) in [6, 6.07) is 21.2. The highest BCUT2D eigenvalue weighted by Gasteiger charge is 2.18. The van der Waals surface area contributed by atoms with Crippen molar-refractivity contribution < 1.29 is 9.59 Å². The van der Waals surface area contributed by atoms with Gasteiger partial charge in [-0.3, -0.25) is 9.59 Å². The molecule has 6 heteroatoms. The lowest BCUT2D eigenvalue weighted by molar-refractivity contribution is 0.0977. The average molecular weight is 435 g/mol. The van der Waals surface area contributed by atoms with E-state index in [2.05, 4.69) is 9.97 Å². The number of Topliss-reactive ketones (excluding diaryl/α,β-unsaturated/α-hetero) is 2. The van der Waals surface area contributed by atoms with Gasteiger partial charge in [-0.15, -0.1) is 0 Å². The Balaban J connectivity index is 1.75. The van der Waals surface area contributed by atoms with Crippen LogP contribution in [0.25, 0.3) is 11.0 Å². The number of nitrogens with zero attached hydrogens (tertiary/aromatic N) is 2. The second kappa shape index (κ2) is 8.74. The van der Waals surface area contributed by atoms with Crippen molar-refractivity contribution in [2.24, 2.45) is 0 Å². The molecule has 1 heterocycles. The maximum Gasteiger partial charge on any atom is 0.168 e. The molecular weight excluding hydrogens is 419 g/mol. The number of aromatic nitrogens is 2. The summed E-state index contributed by atoms with van der Waals surface area (Å²) >= 11 is 12.3. The Kier molecular flexibility index (Phi) is 5.88. The van der Waals surface area contributed by atoms with E-state index in [1.807, 2.05) is 12.1 Å². The number of hydrogen-bond acceptors (Lipinski definition) is 4. The fraction of sp³-hybridized carbons (Fsp3) is 0.0833. The molecule has 4 rings (SSSR count). The van der Waals surface area contributed by atoms with Crippen LogP contribution < -0.4 is 0 Å². The number of halogens is 2. The van der Waals surface area contributed by atoms with Crippen molar-refractivity contribution in [3.63, 3.8) is 0 Å². The molecule has 30 heavy (non-hydrogen) atoms. The molecule has 0 bridgehead atoms. The van der Waals surface area contributed by atoms with Crippen molar-refractivity contribution in [3.05, 3.63) is 105 Å². The number of ketones is 2. The molecule has 4 aromatic rings. The van der Waals surface area contributed by atoms with E-state index in [0.29, 0.717) is 43.6 Å². The molecule has 0 saturated heterocycles. The Morgan fingerprint density at radius 1 is 0.633 bits per heavy atom. The van der Waals surface area contributed by atoms with E-state index >= 15 is 0 Å². The molecule has 1 aromatic heterocycles. The maximum atomic E-state index is 12.8. The SMILES string of the molecule is O=C(Cc1nc2cc(Cl)c(Cl)cc2nc1CC(=O)c1ccccc1)c1ccccc1. The largest absolute Gasteiger partial charge is 0.294 e. The predicted molar refractivity (Wildman–Crippen MR) is 119 cm³/mol. The number of fused-ring (bicyclic) bond motifs is 1. The molecule has 0 N–H and O–H groups in total. The van der Waals surface area contributed by atoms with E-state index < -0.39 is 0 Å². The van der Waals surface area contributed by atoms with Crippen LogP contribution in [0.3, 0.4) is 0 Å². The molecule has 0 radical (unpaired) electrons. The molecule has 4 nitrogen and oxygen atoms in total. The molecule has 3 aromatic carbocycles. The van der Waals surface area contributed by atoms with Crippen LogP contribution in [0.5, 0.6) is 0 Å². The minimum atomic E-state index is -0.0993. The molecule has 0 amide bonds. The predicted octanol–water partition coefficient (Wildman–Crippen LogP) is 5.79. The fourth-order valence-corrected chi connectivity index (χ4v) is 3.48. The van der Waals surface area contributed by atoms with Gasteiger partial charge in [-0.2, -0.15) is 0 Å². The number of benzene rings is 3. The topological polar surface area (TPSA) is 59.9 Å². The van der Waals surface area contributed by atoms with Crippen LogP contribution in [0.4, 0.5) is 0 Å². The monoisotopic (exact) mass is 434 g/mol. The van der Waals surface area contributed by atoms with Gasteiger partial charge in [0.25, 0.3) is 0 Å². The lowest BCUT2D eigenvalue weighted by atomic mass is 10.0. The van der Waals surface area contributed by atoms with Crippen LogP contribution in [0, 0.1) is 0 Å². The van der Waals surface area contributed by atoms with Gasteiger partial charge in [0.15, 0.2) is 11.6 Å². The molecule has 0 fully saturated rings. The summed E-state index contributed by atoms with van der Waals surface area (Å²) in [6.07, 6.45) is 0.0647. The Morgan fingerprint density at radius 3 is 1.37 bits per heavy atom. The number of carbonyl (C=O) groups excluding carboxylic acids is 2. The van der Waals surface area contributed by atoms with E-state index in [9.17, 15) is 9.59 Å². The van der Waals surface area contributed by atoms with E-state index in [-0.39, 0.29) is 24.4 Å². The molecular formula is C24H16Cl2N2O2. The van der Waals surface area contributed by atoms with Gasteiger partial charge in [-0.05, 0) is 12.1 Å². The van der Waals surface area contributed by atoms with Gasteiger partial charge in [-0.25, -0.2) is 9.97 Å². The first-order valence-corrected chi connectivity index (χ1v) is 10.1. The molecule has 0 atom stereocenters. The molecule has 148 valence electrons. The summed E-state index contributed by atoms with van der Waals surface area (Å²) in [5.74, 6) is -0.199. The maximum absolute atomic E-state index is 12.8. The minimum Gasteiger partial charge on any atom is -0.294 e. The first-order valence-electron chi connectivity index (χ1n) is 9.32. The van der Waals surface area contributed by atoms with Gasteiger partial charge in [0, 0.05) is 11.1 Å². The van der Waals surface area contributed by atoms with Crippen LogP contribution in [0.1, 0.15) is 32.1 Å². The average Bonchev–Trinajstić information content (AvgIpc) is 2.76.